The summed E-state index contributed by atoms with van der Waals surface area (Å²) in [7, 11) is 2.01. The van der Waals surface area contributed by atoms with Gasteiger partial charge in [0.05, 0.1) is 6.61 Å². The van der Waals surface area contributed by atoms with Gasteiger partial charge in [-0.05, 0) is 37.1 Å². The molecule has 0 saturated heterocycles. The first kappa shape index (κ1) is 15.0. The van der Waals surface area contributed by atoms with Crippen LogP contribution in [0, 0.1) is 5.92 Å². The zero-order valence-corrected chi connectivity index (χ0v) is 12.2. The van der Waals surface area contributed by atoms with Crippen molar-refractivity contribution in [2.24, 2.45) is 5.92 Å². The molecule has 0 aliphatic heterocycles. The first-order valence-corrected chi connectivity index (χ1v) is 7.15. The van der Waals surface area contributed by atoms with E-state index in [9.17, 15) is 0 Å². The van der Waals surface area contributed by atoms with Gasteiger partial charge in [-0.15, -0.1) is 0 Å². The van der Waals surface area contributed by atoms with Crippen LogP contribution in [0.3, 0.4) is 0 Å². The topological polar surface area (TPSA) is 21.3 Å². The van der Waals surface area contributed by atoms with E-state index < -0.39 is 0 Å². The molecule has 0 spiro atoms. The molecule has 0 aliphatic rings. The first-order valence-electron chi connectivity index (χ1n) is 7.15. The molecule has 0 aromatic heterocycles. The Kier molecular flexibility index (Phi) is 6.81. The van der Waals surface area contributed by atoms with E-state index in [2.05, 4.69) is 50.4 Å². The summed E-state index contributed by atoms with van der Waals surface area (Å²) >= 11 is 0. The highest BCUT2D eigenvalue weighted by atomic mass is 16.5. The van der Waals surface area contributed by atoms with Crippen LogP contribution in [0.1, 0.15) is 51.6 Å². The number of nitrogens with one attached hydrogen (secondary N) is 1. The Bertz CT molecular complexity index is 312. The maximum absolute atomic E-state index is 5.83. The van der Waals surface area contributed by atoms with Gasteiger partial charge in [0.15, 0.2) is 0 Å². The molecule has 0 fully saturated rings. The van der Waals surface area contributed by atoms with Gasteiger partial charge in [-0.25, -0.2) is 0 Å². The van der Waals surface area contributed by atoms with Crippen molar-refractivity contribution >= 4 is 0 Å². The maximum Gasteiger partial charge on any atom is 0.119 e. The Balaban J connectivity index is 2.54. The summed E-state index contributed by atoms with van der Waals surface area (Å²) in [6, 6.07) is 8.92. The third-order valence-electron chi connectivity index (χ3n) is 3.68. The molecule has 1 aromatic carbocycles. The van der Waals surface area contributed by atoms with Gasteiger partial charge in [-0.1, -0.05) is 45.7 Å². The second-order valence-corrected chi connectivity index (χ2v) is 4.81. The van der Waals surface area contributed by atoms with E-state index in [4.69, 9.17) is 4.74 Å². The van der Waals surface area contributed by atoms with Crippen LogP contribution < -0.4 is 10.1 Å². The summed E-state index contributed by atoms with van der Waals surface area (Å²) in [6.07, 6.45) is 3.48. The van der Waals surface area contributed by atoms with Crippen molar-refractivity contribution in [3.63, 3.8) is 0 Å². The van der Waals surface area contributed by atoms with Crippen molar-refractivity contribution in [1.82, 2.24) is 5.32 Å². The normalized spacial score (nSPS) is 12.7. The molecule has 1 atom stereocenters. The third-order valence-corrected chi connectivity index (χ3v) is 3.68. The average molecular weight is 249 g/mol. The van der Waals surface area contributed by atoms with Crippen LogP contribution in [0.5, 0.6) is 5.75 Å². The lowest BCUT2D eigenvalue weighted by Crippen LogP contribution is -2.15. The average Bonchev–Trinajstić information content (AvgIpc) is 2.43. The molecular formula is C16H27NO. The molecule has 1 N–H and O–H groups in total. The van der Waals surface area contributed by atoms with E-state index >= 15 is 0 Å². The molecule has 0 aliphatic carbocycles. The molecule has 2 heteroatoms. The van der Waals surface area contributed by atoms with Crippen LogP contribution >= 0.6 is 0 Å². The molecule has 0 bridgehead atoms. The first-order chi connectivity index (χ1) is 8.74. The van der Waals surface area contributed by atoms with Crippen LogP contribution in [-0.4, -0.2) is 13.7 Å². The number of rotatable bonds is 8. The summed E-state index contributed by atoms with van der Waals surface area (Å²) in [4.78, 5) is 0. The Morgan fingerprint density at radius 3 is 2.06 bits per heavy atom. The van der Waals surface area contributed by atoms with Crippen molar-refractivity contribution in [3.05, 3.63) is 29.8 Å². The predicted octanol–water partition coefficient (Wildman–Crippen LogP) is 4.17. The van der Waals surface area contributed by atoms with E-state index in [1.54, 1.807) is 0 Å². The van der Waals surface area contributed by atoms with Crippen LogP contribution in [0.2, 0.25) is 0 Å². The molecule has 1 unspecified atom stereocenters. The van der Waals surface area contributed by atoms with E-state index in [0.717, 1.165) is 18.8 Å². The Labute approximate surface area is 112 Å². The number of ether oxygens (including phenoxy) is 1. The SMILES string of the molecule is CCC(CC)COc1ccc(C(CC)NC)cc1. The molecule has 102 valence electrons. The summed E-state index contributed by atoms with van der Waals surface area (Å²) in [5, 5.41) is 3.32. The predicted molar refractivity (Wildman–Crippen MR) is 78.1 cm³/mol. The van der Waals surface area contributed by atoms with Crippen LogP contribution in [0.15, 0.2) is 24.3 Å². The molecular weight excluding hydrogens is 222 g/mol. The van der Waals surface area contributed by atoms with Gasteiger partial charge in [0.1, 0.15) is 5.75 Å². The minimum Gasteiger partial charge on any atom is -0.493 e. The lowest BCUT2D eigenvalue weighted by Gasteiger charge is -2.16. The summed E-state index contributed by atoms with van der Waals surface area (Å²) in [5.74, 6) is 1.65. The second kappa shape index (κ2) is 8.15. The minimum absolute atomic E-state index is 0.443. The molecule has 0 radical (unpaired) electrons. The summed E-state index contributed by atoms with van der Waals surface area (Å²) in [6.45, 7) is 7.47. The summed E-state index contributed by atoms with van der Waals surface area (Å²) < 4.78 is 5.83. The Morgan fingerprint density at radius 2 is 1.61 bits per heavy atom. The molecule has 0 heterocycles. The van der Waals surface area contributed by atoms with Gasteiger partial charge < -0.3 is 10.1 Å². The lowest BCUT2D eigenvalue weighted by atomic mass is 10.0. The van der Waals surface area contributed by atoms with E-state index in [1.807, 2.05) is 7.05 Å². The van der Waals surface area contributed by atoms with E-state index in [1.165, 1.54) is 18.4 Å². The van der Waals surface area contributed by atoms with E-state index in [-0.39, 0.29) is 0 Å². The number of hydrogen-bond donors (Lipinski definition) is 1. The van der Waals surface area contributed by atoms with Crippen molar-refractivity contribution < 1.29 is 4.74 Å². The molecule has 18 heavy (non-hydrogen) atoms. The molecule has 2 nitrogen and oxygen atoms in total. The van der Waals surface area contributed by atoms with Crippen molar-refractivity contribution in [3.8, 4) is 5.75 Å². The van der Waals surface area contributed by atoms with Crippen molar-refractivity contribution in [1.29, 1.82) is 0 Å². The zero-order valence-electron chi connectivity index (χ0n) is 12.2. The fourth-order valence-electron chi connectivity index (χ4n) is 2.14. The minimum atomic E-state index is 0.443. The van der Waals surface area contributed by atoms with Gasteiger partial charge in [-0.2, -0.15) is 0 Å². The zero-order chi connectivity index (χ0) is 13.4. The van der Waals surface area contributed by atoms with Crippen LogP contribution in [0.4, 0.5) is 0 Å². The standard InChI is InChI=1S/C16H27NO/c1-5-13(6-2)12-18-15-10-8-14(9-11-15)16(7-3)17-4/h8-11,13,16-17H,5-7,12H2,1-4H3. The highest BCUT2D eigenvalue weighted by Crippen LogP contribution is 2.20. The molecule has 1 aromatic rings. The largest absolute Gasteiger partial charge is 0.493 e. The van der Waals surface area contributed by atoms with Gasteiger partial charge in [0.2, 0.25) is 0 Å². The maximum atomic E-state index is 5.83. The van der Waals surface area contributed by atoms with Crippen LogP contribution in [-0.2, 0) is 0 Å². The summed E-state index contributed by atoms with van der Waals surface area (Å²) in [5.41, 5.74) is 1.33. The second-order valence-electron chi connectivity index (χ2n) is 4.81. The van der Waals surface area contributed by atoms with Crippen molar-refractivity contribution in [2.45, 2.75) is 46.1 Å². The fraction of sp³-hybridized carbons (Fsp3) is 0.625. The number of hydrogen-bond acceptors (Lipinski definition) is 2. The highest BCUT2D eigenvalue weighted by Gasteiger charge is 2.07. The van der Waals surface area contributed by atoms with Crippen molar-refractivity contribution in [2.75, 3.05) is 13.7 Å². The van der Waals surface area contributed by atoms with Gasteiger partial charge in [0, 0.05) is 6.04 Å². The smallest absolute Gasteiger partial charge is 0.119 e. The van der Waals surface area contributed by atoms with Gasteiger partial charge in [-0.3, -0.25) is 0 Å². The fourth-order valence-corrected chi connectivity index (χ4v) is 2.14. The van der Waals surface area contributed by atoms with Crippen LogP contribution in [0.25, 0.3) is 0 Å². The molecule has 1 rings (SSSR count). The Hall–Kier alpha value is -1.02. The highest BCUT2D eigenvalue weighted by molar-refractivity contribution is 5.29. The third kappa shape index (κ3) is 4.34. The van der Waals surface area contributed by atoms with Gasteiger partial charge >= 0.3 is 0 Å². The monoisotopic (exact) mass is 249 g/mol. The number of benzene rings is 1. The van der Waals surface area contributed by atoms with E-state index in [0.29, 0.717) is 12.0 Å². The Morgan fingerprint density at radius 1 is 1.00 bits per heavy atom. The lowest BCUT2D eigenvalue weighted by molar-refractivity contribution is 0.240. The molecule has 0 amide bonds. The van der Waals surface area contributed by atoms with Gasteiger partial charge in [0.25, 0.3) is 0 Å². The quantitative estimate of drug-likeness (QED) is 0.746. The molecule has 0 saturated carbocycles.